The van der Waals surface area contributed by atoms with Crippen LogP contribution in [0, 0.1) is 5.92 Å². The van der Waals surface area contributed by atoms with Gasteiger partial charge < -0.3 is 4.90 Å². The lowest BCUT2D eigenvalue weighted by atomic mass is 9.61. The van der Waals surface area contributed by atoms with Gasteiger partial charge in [-0.2, -0.15) is 0 Å². The molecule has 0 spiro atoms. The molecular weight excluding hydrogens is 308 g/mol. The number of likely N-dealkylation sites (tertiary alicyclic amines) is 1. The van der Waals surface area contributed by atoms with Gasteiger partial charge in [-0.1, -0.05) is 49.2 Å². The SMILES string of the molecule is O=C(CCCc1ccccn1)N1C[C@@H]2CCCC[C@]21c1ccccc1. The molecule has 0 bridgehead atoms. The summed E-state index contributed by atoms with van der Waals surface area (Å²) in [7, 11) is 0. The molecule has 2 heterocycles. The number of aryl methyl sites for hydroxylation is 1. The molecule has 2 atom stereocenters. The maximum absolute atomic E-state index is 13.0. The van der Waals surface area contributed by atoms with Gasteiger partial charge in [-0.25, -0.2) is 0 Å². The standard InChI is InChI=1S/C22H26N2O/c25-21(14-8-13-20-12-5-7-16-23-20)24-17-19-11-4-6-15-22(19,24)18-9-2-1-3-10-18/h1-3,5,7,9-10,12,16,19H,4,6,8,11,13-15,17H2/t19-,22-/m0/s1. The zero-order valence-electron chi connectivity index (χ0n) is 14.7. The Labute approximate surface area is 150 Å². The highest BCUT2D eigenvalue weighted by atomic mass is 16.2. The highest BCUT2D eigenvalue weighted by Crippen LogP contribution is 2.53. The van der Waals surface area contributed by atoms with E-state index in [1.54, 1.807) is 0 Å². The largest absolute Gasteiger partial charge is 0.332 e. The molecule has 3 nitrogen and oxygen atoms in total. The van der Waals surface area contributed by atoms with Crippen molar-refractivity contribution in [2.75, 3.05) is 6.54 Å². The van der Waals surface area contributed by atoms with Gasteiger partial charge in [0.2, 0.25) is 5.91 Å². The predicted octanol–water partition coefficient (Wildman–Crippen LogP) is 4.33. The second-order valence-corrected chi connectivity index (χ2v) is 7.41. The fraction of sp³-hybridized carbons (Fsp3) is 0.455. The zero-order chi connectivity index (χ0) is 17.1. The number of nitrogens with zero attached hydrogens (tertiary/aromatic N) is 2. The van der Waals surface area contributed by atoms with Crippen LogP contribution in [0.25, 0.3) is 0 Å². The molecule has 2 aliphatic rings. The third kappa shape index (κ3) is 2.97. The molecule has 0 N–H and O–H groups in total. The third-order valence-electron chi connectivity index (χ3n) is 6.04. The van der Waals surface area contributed by atoms with Crippen molar-refractivity contribution < 1.29 is 4.79 Å². The van der Waals surface area contributed by atoms with Gasteiger partial charge in [0.05, 0.1) is 5.54 Å². The van der Waals surface area contributed by atoms with Gasteiger partial charge in [0, 0.05) is 30.8 Å². The molecule has 1 amide bonds. The van der Waals surface area contributed by atoms with Crippen LogP contribution in [0.3, 0.4) is 0 Å². The smallest absolute Gasteiger partial charge is 0.223 e. The van der Waals surface area contributed by atoms with Gasteiger partial charge in [0.15, 0.2) is 0 Å². The maximum atomic E-state index is 13.0. The van der Waals surface area contributed by atoms with Crippen LogP contribution in [-0.2, 0) is 16.8 Å². The van der Waals surface area contributed by atoms with E-state index >= 15 is 0 Å². The van der Waals surface area contributed by atoms with Gasteiger partial charge in [-0.05, 0) is 43.4 Å². The van der Waals surface area contributed by atoms with Gasteiger partial charge in [0.1, 0.15) is 0 Å². The molecular formula is C22H26N2O. The summed E-state index contributed by atoms with van der Waals surface area (Å²) in [6, 6.07) is 16.7. The number of pyridine rings is 1. The number of rotatable bonds is 5. The molecule has 1 saturated carbocycles. The van der Waals surface area contributed by atoms with E-state index in [1.807, 2.05) is 24.4 Å². The molecule has 2 aromatic rings. The van der Waals surface area contributed by atoms with Gasteiger partial charge in [-0.15, -0.1) is 0 Å². The second kappa shape index (κ2) is 6.99. The summed E-state index contributed by atoms with van der Waals surface area (Å²) >= 11 is 0. The summed E-state index contributed by atoms with van der Waals surface area (Å²) in [6.45, 7) is 0.942. The van der Waals surface area contributed by atoms with Crippen molar-refractivity contribution >= 4 is 5.91 Å². The molecule has 1 aliphatic carbocycles. The average molecular weight is 334 g/mol. The molecule has 0 radical (unpaired) electrons. The van der Waals surface area contributed by atoms with Gasteiger partial charge >= 0.3 is 0 Å². The molecule has 1 saturated heterocycles. The second-order valence-electron chi connectivity index (χ2n) is 7.41. The van der Waals surface area contributed by atoms with E-state index < -0.39 is 0 Å². The first-order chi connectivity index (χ1) is 12.3. The van der Waals surface area contributed by atoms with Crippen LogP contribution >= 0.6 is 0 Å². The summed E-state index contributed by atoms with van der Waals surface area (Å²) in [4.78, 5) is 19.5. The maximum Gasteiger partial charge on any atom is 0.223 e. The minimum atomic E-state index is -0.0262. The first-order valence-corrected chi connectivity index (χ1v) is 9.56. The number of hydrogen-bond acceptors (Lipinski definition) is 2. The number of amides is 1. The van der Waals surface area contributed by atoms with Crippen LogP contribution in [0.4, 0.5) is 0 Å². The lowest BCUT2D eigenvalue weighted by Gasteiger charge is -2.61. The molecule has 2 fully saturated rings. The molecule has 0 unspecified atom stereocenters. The van der Waals surface area contributed by atoms with Gasteiger partial charge in [-0.3, -0.25) is 9.78 Å². The zero-order valence-corrected chi connectivity index (χ0v) is 14.7. The van der Waals surface area contributed by atoms with Crippen molar-refractivity contribution in [1.82, 2.24) is 9.88 Å². The van der Waals surface area contributed by atoms with Crippen LogP contribution in [0.15, 0.2) is 54.7 Å². The summed E-state index contributed by atoms with van der Waals surface area (Å²) < 4.78 is 0. The quantitative estimate of drug-likeness (QED) is 0.815. The van der Waals surface area contributed by atoms with Gasteiger partial charge in [0.25, 0.3) is 0 Å². The van der Waals surface area contributed by atoms with E-state index in [0.717, 1.165) is 31.5 Å². The summed E-state index contributed by atoms with van der Waals surface area (Å²) in [5, 5.41) is 0. The molecule has 1 aromatic carbocycles. The number of carbonyl (C=O) groups is 1. The Bertz CT molecular complexity index is 715. The fourth-order valence-electron chi connectivity index (χ4n) is 4.79. The number of aromatic nitrogens is 1. The number of fused-ring (bicyclic) bond motifs is 1. The van der Waals surface area contributed by atoms with E-state index in [9.17, 15) is 4.79 Å². The summed E-state index contributed by atoms with van der Waals surface area (Å²) in [6.07, 6.45) is 9.11. The fourth-order valence-corrected chi connectivity index (χ4v) is 4.79. The Morgan fingerprint density at radius 1 is 1.12 bits per heavy atom. The van der Waals surface area contributed by atoms with Crippen molar-refractivity contribution in [3.63, 3.8) is 0 Å². The van der Waals surface area contributed by atoms with Crippen LogP contribution in [0.5, 0.6) is 0 Å². The highest BCUT2D eigenvalue weighted by Gasteiger charge is 2.56. The number of benzene rings is 1. The molecule has 25 heavy (non-hydrogen) atoms. The molecule has 130 valence electrons. The molecule has 1 aromatic heterocycles. The summed E-state index contributed by atoms with van der Waals surface area (Å²) in [5.41, 5.74) is 2.39. The Morgan fingerprint density at radius 3 is 2.72 bits per heavy atom. The minimum absolute atomic E-state index is 0.0262. The van der Waals surface area contributed by atoms with E-state index in [2.05, 4.69) is 40.2 Å². The predicted molar refractivity (Wildman–Crippen MR) is 99.0 cm³/mol. The Morgan fingerprint density at radius 2 is 1.96 bits per heavy atom. The monoisotopic (exact) mass is 334 g/mol. The van der Waals surface area contributed by atoms with Crippen LogP contribution in [0.1, 0.15) is 49.8 Å². The normalized spacial score (nSPS) is 25.1. The number of carbonyl (C=O) groups excluding carboxylic acids is 1. The van der Waals surface area contributed by atoms with E-state index in [0.29, 0.717) is 18.2 Å². The first-order valence-electron chi connectivity index (χ1n) is 9.56. The Hall–Kier alpha value is -2.16. The molecule has 1 aliphatic heterocycles. The molecule has 3 heteroatoms. The first kappa shape index (κ1) is 16.3. The van der Waals surface area contributed by atoms with Crippen molar-refractivity contribution in [3.05, 3.63) is 66.0 Å². The highest BCUT2D eigenvalue weighted by molar-refractivity contribution is 5.78. The van der Waals surface area contributed by atoms with E-state index in [1.165, 1.54) is 24.8 Å². The van der Waals surface area contributed by atoms with Crippen molar-refractivity contribution in [3.8, 4) is 0 Å². The Kier molecular flexibility index (Phi) is 4.56. The Balaban J connectivity index is 1.45. The van der Waals surface area contributed by atoms with Crippen LogP contribution in [-0.4, -0.2) is 22.3 Å². The third-order valence-corrected chi connectivity index (χ3v) is 6.04. The van der Waals surface area contributed by atoms with Crippen LogP contribution in [0.2, 0.25) is 0 Å². The lowest BCUT2D eigenvalue weighted by molar-refractivity contribution is -0.166. The molecule has 4 rings (SSSR count). The number of hydrogen-bond donors (Lipinski definition) is 0. The van der Waals surface area contributed by atoms with E-state index in [4.69, 9.17) is 0 Å². The topological polar surface area (TPSA) is 33.2 Å². The van der Waals surface area contributed by atoms with Crippen LogP contribution < -0.4 is 0 Å². The van der Waals surface area contributed by atoms with Crippen molar-refractivity contribution in [1.29, 1.82) is 0 Å². The minimum Gasteiger partial charge on any atom is -0.332 e. The van der Waals surface area contributed by atoms with Crippen molar-refractivity contribution in [2.24, 2.45) is 5.92 Å². The van der Waals surface area contributed by atoms with E-state index in [-0.39, 0.29) is 5.54 Å². The summed E-state index contributed by atoms with van der Waals surface area (Å²) in [5.74, 6) is 0.960. The lowest BCUT2D eigenvalue weighted by Crippen LogP contribution is -2.67. The average Bonchev–Trinajstić information content (AvgIpc) is 2.64. The van der Waals surface area contributed by atoms with Crippen molar-refractivity contribution in [2.45, 2.75) is 50.5 Å².